The van der Waals surface area contributed by atoms with Gasteiger partial charge in [0, 0.05) is 18.3 Å². The molecular formula is C42H49F3O4. The van der Waals surface area contributed by atoms with Crippen LogP contribution in [0.3, 0.4) is 0 Å². The van der Waals surface area contributed by atoms with E-state index >= 15 is 0 Å². The Hall–Kier alpha value is -4.18. The fourth-order valence-electron chi connectivity index (χ4n) is 6.62. The van der Waals surface area contributed by atoms with Crippen molar-refractivity contribution in [3.05, 3.63) is 101 Å². The van der Waals surface area contributed by atoms with E-state index in [1.807, 2.05) is 42.5 Å². The molecule has 262 valence electrons. The van der Waals surface area contributed by atoms with Gasteiger partial charge in [0.1, 0.15) is 17.3 Å². The molecule has 4 rings (SSSR count). The van der Waals surface area contributed by atoms with Gasteiger partial charge in [0.15, 0.2) is 0 Å². The summed E-state index contributed by atoms with van der Waals surface area (Å²) in [6.45, 7) is 4.41. The van der Waals surface area contributed by atoms with Crippen LogP contribution < -0.4 is 9.47 Å². The molecule has 0 saturated carbocycles. The van der Waals surface area contributed by atoms with Crippen molar-refractivity contribution in [2.24, 2.45) is 5.92 Å². The molecule has 3 aromatic carbocycles. The lowest BCUT2D eigenvalue weighted by molar-refractivity contribution is -0.137. The second-order valence-corrected chi connectivity index (χ2v) is 13.0. The third kappa shape index (κ3) is 12.3. The molecule has 3 aromatic rings. The summed E-state index contributed by atoms with van der Waals surface area (Å²) in [5, 5.41) is 9.28. The number of carbonyl (C=O) groups is 1. The Kier molecular flexibility index (Phi) is 14.7. The van der Waals surface area contributed by atoms with Crippen molar-refractivity contribution < 1.29 is 32.5 Å². The van der Waals surface area contributed by atoms with Gasteiger partial charge in [-0.25, -0.2) is 0 Å². The molecule has 0 radical (unpaired) electrons. The van der Waals surface area contributed by atoms with Crippen LogP contribution in [0.15, 0.2) is 78.6 Å². The van der Waals surface area contributed by atoms with Gasteiger partial charge in [-0.1, -0.05) is 99.9 Å². The molecular weight excluding hydrogens is 625 g/mol. The van der Waals surface area contributed by atoms with Crippen LogP contribution in [0.25, 0.3) is 6.08 Å². The zero-order valence-electron chi connectivity index (χ0n) is 28.7. The Morgan fingerprint density at radius 2 is 1.53 bits per heavy atom. The Morgan fingerprint density at radius 3 is 2.18 bits per heavy atom. The van der Waals surface area contributed by atoms with Crippen LogP contribution in [0.2, 0.25) is 0 Å². The third-order valence-corrected chi connectivity index (χ3v) is 9.09. The molecule has 0 spiro atoms. The fourth-order valence-corrected chi connectivity index (χ4v) is 6.62. The quantitative estimate of drug-likeness (QED) is 0.0957. The lowest BCUT2D eigenvalue weighted by Gasteiger charge is -2.27. The number of hydrogen-bond acceptors (Lipinski definition) is 3. The number of halogens is 3. The van der Waals surface area contributed by atoms with Crippen molar-refractivity contribution in [2.45, 2.75) is 109 Å². The van der Waals surface area contributed by atoms with Crippen LogP contribution in [0.4, 0.5) is 13.2 Å². The Balaban J connectivity index is 1.32. The van der Waals surface area contributed by atoms with E-state index in [1.54, 1.807) is 6.92 Å². The number of rotatable bonds is 20. The van der Waals surface area contributed by atoms with Gasteiger partial charge in [0.2, 0.25) is 0 Å². The van der Waals surface area contributed by atoms with Crippen LogP contribution in [-0.2, 0) is 11.2 Å². The highest BCUT2D eigenvalue weighted by molar-refractivity contribution is 5.69. The summed E-state index contributed by atoms with van der Waals surface area (Å²) in [5.74, 6) is 7.27. The number of fused-ring (bicyclic) bond motifs is 1. The first-order valence-electron chi connectivity index (χ1n) is 17.7. The molecule has 1 aliphatic carbocycles. The van der Waals surface area contributed by atoms with Crippen LogP contribution in [0.1, 0.15) is 119 Å². The zero-order chi connectivity index (χ0) is 35.1. The average Bonchev–Trinajstić information content (AvgIpc) is 3.43. The van der Waals surface area contributed by atoms with Crippen LogP contribution >= 0.6 is 0 Å². The number of aliphatic carboxylic acids is 1. The van der Waals surface area contributed by atoms with Gasteiger partial charge in [-0.2, -0.15) is 13.2 Å². The lowest BCUT2D eigenvalue weighted by atomic mass is 9.84. The van der Waals surface area contributed by atoms with Crippen LogP contribution in [0, 0.1) is 17.8 Å². The van der Waals surface area contributed by atoms with Crippen molar-refractivity contribution >= 4 is 12.0 Å². The molecule has 1 N–H and O–H groups in total. The van der Waals surface area contributed by atoms with E-state index in [-0.39, 0.29) is 30.6 Å². The van der Waals surface area contributed by atoms with Crippen molar-refractivity contribution in [1.82, 2.24) is 0 Å². The van der Waals surface area contributed by atoms with E-state index in [4.69, 9.17) is 9.47 Å². The average molecular weight is 675 g/mol. The van der Waals surface area contributed by atoms with E-state index < -0.39 is 18.6 Å². The Labute approximate surface area is 289 Å². The maximum Gasteiger partial charge on any atom is 0.389 e. The molecule has 49 heavy (non-hydrogen) atoms. The number of allylic oxidation sites excluding steroid dienone is 1. The lowest BCUT2D eigenvalue weighted by Crippen LogP contribution is -2.22. The largest absolute Gasteiger partial charge is 0.493 e. The predicted molar refractivity (Wildman–Crippen MR) is 190 cm³/mol. The molecule has 1 aliphatic rings. The van der Waals surface area contributed by atoms with Crippen LogP contribution in [0.5, 0.6) is 11.5 Å². The normalized spacial score (nSPS) is 15.0. The number of benzene rings is 3. The van der Waals surface area contributed by atoms with Gasteiger partial charge in [0.05, 0.1) is 18.9 Å². The van der Waals surface area contributed by atoms with Gasteiger partial charge in [-0.15, -0.1) is 5.92 Å². The number of ether oxygens (including phenoxy) is 2. The summed E-state index contributed by atoms with van der Waals surface area (Å²) in [5.41, 5.74) is 4.50. The number of aryl methyl sites for hydroxylation is 1. The number of carboxylic acids is 1. The third-order valence-electron chi connectivity index (χ3n) is 9.09. The SMILES string of the molecule is CC#CC(CC(=O)O)c1ccc(OCC(CCC)C2C(Oc3ccc(CCCCCCCCCC(F)(F)F)cc3)=Cc3ccccc32)cc1. The number of carboxylic acid groups (broad SMARTS) is 1. The maximum atomic E-state index is 12.3. The molecule has 0 aliphatic heterocycles. The number of hydrogen-bond donors (Lipinski definition) is 1. The van der Waals surface area contributed by atoms with Gasteiger partial charge >= 0.3 is 12.1 Å². The van der Waals surface area contributed by atoms with Crippen molar-refractivity contribution in [3.8, 4) is 23.3 Å². The van der Waals surface area contributed by atoms with Gasteiger partial charge < -0.3 is 14.6 Å². The second-order valence-electron chi connectivity index (χ2n) is 13.0. The summed E-state index contributed by atoms with van der Waals surface area (Å²) < 4.78 is 49.8. The van der Waals surface area contributed by atoms with E-state index in [0.717, 1.165) is 79.8 Å². The van der Waals surface area contributed by atoms with Crippen molar-refractivity contribution in [1.29, 1.82) is 0 Å². The topological polar surface area (TPSA) is 55.8 Å². The summed E-state index contributed by atoms with van der Waals surface area (Å²) >= 11 is 0. The smallest absolute Gasteiger partial charge is 0.389 e. The van der Waals surface area contributed by atoms with E-state index in [9.17, 15) is 23.1 Å². The van der Waals surface area contributed by atoms with Crippen molar-refractivity contribution in [3.63, 3.8) is 0 Å². The second kappa shape index (κ2) is 19.1. The highest BCUT2D eigenvalue weighted by atomic mass is 19.4. The van der Waals surface area contributed by atoms with Crippen LogP contribution in [-0.4, -0.2) is 23.9 Å². The predicted octanol–water partition coefficient (Wildman–Crippen LogP) is 11.5. The maximum absolute atomic E-state index is 12.3. The molecule has 0 aromatic heterocycles. The fraction of sp³-hybridized carbons (Fsp3) is 0.452. The molecule has 0 amide bonds. The van der Waals surface area contributed by atoms with E-state index in [0.29, 0.717) is 13.0 Å². The van der Waals surface area contributed by atoms with Gasteiger partial charge in [-0.3, -0.25) is 4.79 Å². The van der Waals surface area contributed by atoms with Crippen molar-refractivity contribution in [2.75, 3.05) is 6.61 Å². The zero-order valence-corrected chi connectivity index (χ0v) is 28.7. The minimum absolute atomic E-state index is 0.0417. The molecule has 0 bridgehead atoms. The molecule has 7 heteroatoms. The first-order chi connectivity index (χ1) is 23.7. The minimum Gasteiger partial charge on any atom is -0.493 e. The molecule has 3 atom stereocenters. The highest BCUT2D eigenvalue weighted by Crippen LogP contribution is 2.44. The Morgan fingerprint density at radius 1 is 0.878 bits per heavy atom. The van der Waals surface area contributed by atoms with Gasteiger partial charge in [-0.05, 0) is 85.2 Å². The monoisotopic (exact) mass is 674 g/mol. The molecule has 0 heterocycles. The number of unbranched alkanes of at least 4 members (excludes halogenated alkanes) is 6. The van der Waals surface area contributed by atoms with E-state index in [1.165, 1.54) is 11.1 Å². The summed E-state index contributed by atoms with van der Waals surface area (Å²) in [6.07, 6.45) is 6.25. The van der Waals surface area contributed by atoms with E-state index in [2.05, 4.69) is 55.2 Å². The summed E-state index contributed by atoms with van der Waals surface area (Å²) in [6, 6.07) is 24.3. The molecule has 0 fully saturated rings. The summed E-state index contributed by atoms with van der Waals surface area (Å²) in [7, 11) is 0. The summed E-state index contributed by atoms with van der Waals surface area (Å²) in [4.78, 5) is 11.3. The molecule has 3 unspecified atom stereocenters. The number of alkyl halides is 3. The Bertz CT molecular complexity index is 1550. The van der Waals surface area contributed by atoms with Gasteiger partial charge in [0.25, 0.3) is 0 Å². The first-order valence-corrected chi connectivity index (χ1v) is 17.7. The standard InChI is InChI=1S/C42H49F3O4/c1-3-14-33(29-40(46)47)32-21-25-36(26-22-32)48-30-35(15-4-2)41-38-18-12-11-17-34(38)28-39(41)49-37-23-19-31(20-24-37)16-10-8-6-5-7-9-13-27-42(43,44)45/h11-12,17-26,28,33,35,41H,4-10,13,15-16,27,29-30H2,1-2H3,(H,46,47). The first kappa shape index (κ1) is 37.6. The molecule has 0 saturated heterocycles. The highest BCUT2D eigenvalue weighted by Gasteiger charge is 2.34. The molecule has 4 nitrogen and oxygen atoms in total. The minimum atomic E-state index is -4.04.